The number of carbonyl (C=O) groups is 1. The maximum Gasteiger partial charge on any atom is 0.256 e. The Morgan fingerprint density at radius 3 is 2.63 bits per heavy atom. The van der Waals surface area contributed by atoms with Gasteiger partial charge in [0, 0.05) is 13.1 Å². The number of hydrogen-bond donors (Lipinski definition) is 1. The fourth-order valence-corrected chi connectivity index (χ4v) is 2.73. The normalized spacial score (nSPS) is 16.1. The third-order valence-corrected chi connectivity index (χ3v) is 3.96. The Morgan fingerprint density at radius 1 is 1.32 bits per heavy atom. The summed E-state index contributed by atoms with van der Waals surface area (Å²) in [6.45, 7) is 0. The second-order valence-corrected chi connectivity index (χ2v) is 5.13. The predicted molar refractivity (Wildman–Crippen MR) is 76.4 cm³/mol. The molecule has 0 aliphatic heterocycles. The van der Waals surface area contributed by atoms with Gasteiger partial charge in [-0.1, -0.05) is 25.3 Å². The lowest BCUT2D eigenvalue weighted by Gasteiger charge is -2.31. The molecular weight excluding hydrogens is 240 g/mol. The van der Waals surface area contributed by atoms with E-state index in [0.29, 0.717) is 23.0 Å². The molecule has 4 heteroatoms. The summed E-state index contributed by atoms with van der Waals surface area (Å²) in [6, 6.07) is 5.68. The van der Waals surface area contributed by atoms with Crippen molar-refractivity contribution < 1.29 is 9.53 Å². The van der Waals surface area contributed by atoms with Crippen LogP contribution in [0.25, 0.3) is 0 Å². The van der Waals surface area contributed by atoms with E-state index < -0.39 is 0 Å². The van der Waals surface area contributed by atoms with Crippen LogP contribution in [0.1, 0.15) is 42.5 Å². The number of hydrogen-bond acceptors (Lipinski definition) is 3. The molecule has 1 aliphatic carbocycles. The van der Waals surface area contributed by atoms with Crippen LogP contribution in [0.4, 0.5) is 5.69 Å². The van der Waals surface area contributed by atoms with Crippen molar-refractivity contribution in [3.63, 3.8) is 0 Å². The highest BCUT2D eigenvalue weighted by molar-refractivity contribution is 6.00. The largest absolute Gasteiger partial charge is 0.495 e. The number of benzene rings is 1. The zero-order valence-corrected chi connectivity index (χ0v) is 11.7. The van der Waals surface area contributed by atoms with Crippen LogP contribution in [0.3, 0.4) is 0 Å². The van der Waals surface area contributed by atoms with Gasteiger partial charge in [0.15, 0.2) is 0 Å². The number of rotatable bonds is 3. The number of amides is 1. The Hall–Kier alpha value is -1.71. The smallest absolute Gasteiger partial charge is 0.256 e. The molecular formula is C15H22N2O2. The van der Waals surface area contributed by atoms with Crippen LogP contribution < -0.4 is 10.5 Å². The Balaban J connectivity index is 2.18. The minimum Gasteiger partial charge on any atom is -0.495 e. The van der Waals surface area contributed by atoms with E-state index in [4.69, 9.17) is 10.5 Å². The van der Waals surface area contributed by atoms with Gasteiger partial charge in [-0.3, -0.25) is 4.79 Å². The second-order valence-electron chi connectivity index (χ2n) is 5.13. The average Bonchev–Trinajstić information content (AvgIpc) is 2.47. The highest BCUT2D eigenvalue weighted by atomic mass is 16.5. The minimum atomic E-state index is -0.0108. The third kappa shape index (κ3) is 2.83. The first-order chi connectivity index (χ1) is 9.15. The molecule has 0 aromatic heterocycles. The maximum absolute atomic E-state index is 12.5. The van der Waals surface area contributed by atoms with Gasteiger partial charge in [0.05, 0.1) is 18.4 Å². The van der Waals surface area contributed by atoms with Crippen LogP contribution in [0.15, 0.2) is 18.2 Å². The number of carbonyl (C=O) groups excluding carboxylic acids is 1. The zero-order valence-electron chi connectivity index (χ0n) is 11.7. The first-order valence-electron chi connectivity index (χ1n) is 6.84. The number of nitrogen functional groups attached to an aromatic ring is 1. The van der Waals surface area contributed by atoms with Crippen molar-refractivity contribution >= 4 is 11.6 Å². The summed E-state index contributed by atoms with van der Waals surface area (Å²) < 4.78 is 5.17. The first kappa shape index (κ1) is 13.7. The van der Waals surface area contributed by atoms with Gasteiger partial charge >= 0.3 is 0 Å². The molecule has 1 saturated carbocycles. The molecule has 1 aromatic carbocycles. The van der Waals surface area contributed by atoms with E-state index in [9.17, 15) is 4.79 Å². The quantitative estimate of drug-likeness (QED) is 0.852. The molecule has 2 rings (SSSR count). The van der Waals surface area contributed by atoms with Gasteiger partial charge < -0.3 is 15.4 Å². The van der Waals surface area contributed by atoms with Gasteiger partial charge in [0.2, 0.25) is 0 Å². The summed E-state index contributed by atoms with van der Waals surface area (Å²) in [5, 5.41) is 0. The summed E-state index contributed by atoms with van der Waals surface area (Å²) in [7, 11) is 3.43. The molecule has 19 heavy (non-hydrogen) atoms. The lowest BCUT2D eigenvalue weighted by atomic mass is 9.94. The molecule has 0 spiro atoms. The van der Waals surface area contributed by atoms with E-state index in [2.05, 4.69) is 0 Å². The number of nitrogens with zero attached hydrogens (tertiary/aromatic N) is 1. The maximum atomic E-state index is 12.5. The average molecular weight is 262 g/mol. The van der Waals surface area contributed by atoms with Gasteiger partial charge in [-0.2, -0.15) is 0 Å². The molecule has 1 fully saturated rings. The van der Waals surface area contributed by atoms with Gasteiger partial charge in [-0.15, -0.1) is 0 Å². The van der Waals surface area contributed by atoms with Crippen molar-refractivity contribution in [1.29, 1.82) is 0 Å². The standard InChI is InChI=1S/C15H22N2O2/c1-17(11-7-4-3-5-8-11)15(18)12-9-6-10-13(19-2)14(12)16/h6,9-11H,3-5,7-8,16H2,1-2H3. The fourth-order valence-electron chi connectivity index (χ4n) is 2.73. The minimum absolute atomic E-state index is 0.0108. The molecule has 0 atom stereocenters. The van der Waals surface area contributed by atoms with E-state index in [1.165, 1.54) is 19.3 Å². The SMILES string of the molecule is COc1cccc(C(=O)N(C)C2CCCCC2)c1N. The molecule has 0 unspecified atom stereocenters. The van der Waals surface area contributed by atoms with E-state index in [-0.39, 0.29) is 5.91 Å². The number of para-hydroxylation sites is 1. The highest BCUT2D eigenvalue weighted by Crippen LogP contribution is 2.28. The Kier molecular flexibility index (Phi) is 4.30. The highest BCUT2D eigenvalue weighted by Gasteiger charge is 2.24. The van der Waals surface area contributed by atoms with Crippen molar-refractivity contribution in [3.8, 4) is 5.75 Å². The monoisotopic (exact) mass is 262 g/mol. The van der Waals surface area contributed by atoms with E-state index in [0.717, 1.165) is 12.8 Å². The molecule has 1 amide bonds. The van der Waals surface area contributed by atoms with Crippen LogP contribution in [0, 0.1) is 0 Å². The van der Waals surface area contributed by atoms with Crippen LogP contribution in [-0.2, 0) is 0 Å². The van der Waals surface area contributed by atoms with Gasteiger partial charge in [0.25, 0.3) is 5.91 Å². The molecule has 0 saturated heterocycles. The third-order valence-electron chi connectivity index (χ3n) is 3.96. The summed E-state index contributed by atoms with van der Waals surface area (Å²) in [4.78, 5) is 14.4. The lowest BCUT2D eigenvalue weighted by molar-refractivity contribution is 0.0697. The molecule has 0 bridgehead atoms. The molecule has 1 aromatic rings. The van der Waals surface area contributed by atoms with Crippen molar-refractivity contribution in [2.75, 3.05) is 19.9 Å². The van der Waals surface area contributed by atoms with E-state index in [1.807, 2.05) is 11.9 Å². The molecule has 104 valence electrons. The topological polar surface area (TPSA) is 55.6 Å². The Bertz CT molecular complexity index is 453. The first-order valence-corrected chi connectivity index (χ1v) is 6.84. The fraction of sp³-hybridized carbons (Fsp3) is 0.533. The van der Waals surface area contributed by atoms with Crippen LogP contribution in [0.5, 0.6) is 5.75 Å². The predicted octanol–water partition coefficient (Wildman–Crippen LogP) is 2.68. The van der Waals surface area contributed by atoms with Crippen LogP contribution in [-0.4, -0.2) is 31.0 Å². The number of nitrogens with two attached hydrogens (primary N) is 1. The van der Waals surface area contributed by atoms with Gasteiger partial charge in [-0.25, -0.2) is 0 Å². The second kappa shape index (κ2) is 5.95. The molecule has 2 N–H and O–H groups in total. The number of ether oxygens (including phenoxy) is 1. The number of anilines is 1. The van der Waals surface area contributed by atoms with Crippen LogP contribution >= 0.6 is 0 Å². The summed E-state index contributed by atoms with van der Waals surface area (Å²) in [5.41, 5.74) is 6.95. The summed E-state index contributed by atoms with van der Waals surface area (Å²) >= 11 is 0. The molecule has 0 heterocycles. The molecule has 1 aliphatic rings. The van der Waals surface area contributed by atoms with E-state index in [1.54, 1.807) is 25.3 Å². The van der Waals surface area contributed by atoms with Crippen molar-refractivity contribution in [3.05, 3.63) is 23.8 Å². The number of methoxy groups -OCH3 is 1. The van der Waals surface area contributed by atoms with Crippen molar-refractivity contribution in [2.45, 2.75) is 38.1 Å². The van der Waals surface area contributed by atoms with E-state index >= 15 is 0 Å². The van der Waals surface area contributed by atoms with Gasteiger partial charge in [-0.05, 0) is 25.0 Å². The van der Waals surface area contributed by atoms with Crippen molar-refractivity contribution in [2.24, 2.45) is 0 Å². The summed E-state index contributed by atoms with van der Waals surface area (Å²) in [5.74, 6) is 0.547. The molecule has 4 nitrogen and oxygen atoms in total. The Labute approximate surface area is 114 Å². The Morgan fingerprint density at radius 2 is 2.00 bits per heavy atom. The van der Waals surface area contributed by atoms with Gasteiger partial charge in [0.1, 0.15) is 5.75 Å². The molecule has 0 radical (unpaired) electrons. The lowest BCUT2D eigenvalue weighted by Crippen LogP contribution is -2.38. The summed E-state index contributed by atoms with van der Waals surface area (Å²) in [6.07, 6.45) is 5.86. The zero-order chi connectivity index (χ0) is 13.8. The van der Waals surface area contributed by atoms with Crippen molar-refractivity contribution in [1.82, 2.24) is 4.90 Å². The van der Waals surface area contributed by atoms with Crippen LogP contribution in [0.2, 0.25) is 0 Å².